The summed E-state index contributed by atoms with van der Waals surface area (Å²) >= 11 is 0. The number of aromatic nitrogens is 1. The van der Waals surface area contributed by atoms with Crippen molar-refractivity contribution in [1.82, 2.24) is 10.3 Å². The molecule has 5 heteroatoms. The van der Waals surface area contributed by atoms with E-state index < -0.39 is 5.41 Å². The third-order valence-corrected chi connectivity index (χ3v) is 9.30. The van der Waals surface area contributed by atoms with Gasteiger partial charge in [0.15, 0.2) is 0 Å². The molecule has 39 heavy (non-hydrogen) atoms. The van der Waals surface area contributed by atoms with Crippen LogP contribution in [0.3, 0.4) is 0 Å². The van der Waals surface area contributed by atoms with Crippen LogP contribution in [0, 0.1) is 11.3 Å². The summed E-state index contributed by atoms with van der Waals surface area (Å²) in [6.07, 6.45) is 18.2. The van der Waals surface area contributed by atoms with Crippen LogP contribution in [0.5, 0.6) is 0 Å². The topological polar surface area (TPSA) is 63.2 Å². The lowest BCUT2D eigenvalue weighted by Gasteiger charge is -2.47. The van der Waals surface area contributed by atoms with Crippen LogP contribution in [-0.4, -0.2) is 37.2 Å². The van der Waals surface area contributed by atoms with Crippen LogP contribution in [0.4, 0.5) is 5.69 Å². The predicted octanol–water partition coefficient (Wildman–Crippen LogP) is 7.30. The van der Waals surface area contributed by atoms with E-state index in [0.717, 1.165) is 50.7 Å². The van der Waals surface area contributed by atoms with Gasteiger partial charge in [-0.25, -0.2) is 0 Å². The molecule has 2 aromatic rings. The minimum absolute atomic E-state index is 0.0616. The number of hydrogen-bond acceptors (Lipinski definition) is 5. The molecule has 1 saturated carbocycles. The van der Waals surface area contributed by atoms with Crippen LogP contribution >= 0.6 is 0 Å². The summed E-state index contributed by atoms with van der Waals surface area (Å²) in [5.74, 6) is 0.290. The first-order chi connectivity index (χ1) is 19.1. The summed E-state index contributed by atoms with van der Waals surface area (Å²) in [7, 11) is 1.53. The lowest BCUT2D eigenvalue weighted by atomic mass is 9.58. The first-order valence-electron chi connectivity index (χ1n) is 15.4. The molecule has 2 bridgehead atoms. The zero-order valence-electron chi connectivity index (χ0n) is 24.3. The number of carbonyl (C=O) groups excluding carboxylic acids is 1. The zero-order chi connectivity index (χ0) is 27.2. The molecule has 5 nitrogen and oxygen atoms in total. The average Bonchev–Trinajstić information content (AvgIpc) is 2.94. The number of benzene rings is 1. The average molecular weight is 530 g/mol. The van der Waals surface area contributed by atoms with Crippen molar-refractivity contribution < 1.29 is 9.53 Å². The number of anilines is 1. The molecule has 0 amide bonds. The van der Waals surface area contributed by atoms with Gasteiger partial charge >= 0.3 is 5.97 Å². The number of methoxy groups -OCH3 is 1. The van der Waals surface area contributed by atoms with Gasteiger partial charge < -0.3 is 15.4 Å². The molecule has 0 radical (unpaired) electrons. The second-order valence-electron chi connectivity index (χ2n) is 12.0. The maximum absolute atomic E-state index is 13.0. The van der Waals surface area contributed by atoms with Crippen molar-refractivity contribution in [2.75, 3.05) is 25.5 Å². The lowest BCUT2D eigenvalue weighted by molar-refractivity contribution is -0.152. The summed E-state index contributed by atoms with van der Waals surface area (Å²) in [6.45, 7) is 6.28. The second-order valence-corrected chi connectivity index (χ2v) is 12.0. The van der Waals surface area contributed by atoms with Crippen molar-refractivity contribution in [2.24, 2.45) is 11.3 Å². The molecular weight excluding hydrogens is 482 g/mol. The molecule has 210 valence electrons. The van der Waals surface area contributed by atoms with Gasteiger partial charge in [-0.3, -0.25) is 9.78 Å². The highest BCUT2D eigenvalue weighted by atomic mass is 16.5. The molecule has 3 aliphatic carbocycles. The number of hydrogen-bond donors (Lipinski definition) is 2. The number of pyridine rings is 1. The zero-order valence-corrected chi connectivity index (χ0v) is 24.3. The van der Waals surface area contributed by atoms with Crippen molar-refractivity contribution in [3.8, 4) is 0 Å². The Morgan fingerprint density at radius 1 is 1.10 bits per heavy atom. The molecule has 3 aliphatic rings. The number of aryl methyl sites for hydroxylation is 1. The van der Waals surface area contributed by atoms with E-state index in [0.29, 0.717) is 12.0 Å². The molecule has 2 N–H and O–H groups in total. The smallest absolute Gasteiger partial charge is 0.316 e. The van der Waals surface area contributed by atoms with Gasteiger partial charge in [0.2, 0.25) is 0 Å². The number of rotatable bonds is 11. The molecule has 0 saturated heterocycles. The van der Waals surface area contributed by atoms with Gasteiger partial charge in [0.1, 0.15) is 0 Å². The van der Waals surface area contributed by atoms with Gasteiger partial charge in [0.25, 0.3) is 0 Å². The van der Waals surface area contributed by atoms with Crippen molar-refractivity contribution >= 4 is 22.6 Å². The summed E-state index contributed by atoms with van der Waals surface area (Å²) < 4.78 is 5.32. The predicted molar refractivity (Wildman–Crippen MR) is 161 cm³/mol. The Kier molecular flexibility index (Phi) is 9.06. The maximum atomic E-state index is 13.0. The summed E-state index contributed by atoms with van der Waals surface area (Å²) in [5, 5.41) is 8.89. The summed E-state index contributed by atoms with van der Waals surface area (Å²) in [4.78, 5) is 17.9. The number of esters is 1. The Labute approximate surface area is 234 Å². The molecule has 3 atom stereocenters. The van der Waals surface area contributed by atoms with Crippen LogP contribution in [0.15, 0.2) is 47.6 Å². The third-order valence-electron chi connectivity index (χ3n) is 9.30. The van der Waals surface area contributed by atoms with E-state index in [1.54, 1.807) is 0 Å². The van der Waals surface area contributed by atoms with Crippen molar-refractivity contribution in [3.05, 3.63) is 58.8 Å². The number of para-hydroxylation sites is 1. The largest absolute Gasteiger partial charge is 0.468 e. The highest BCUT2D eigenvalue weighted by molar-refractivity contribution is 5.93. The molecule has 1 aromatic carbocycles. The van der Waals surface area contributed by atoms with Crippen LogP contribution < -0.4 is 10.6 Å². The van der Waals surface area contributed by atoms with E-state index >= 15 is 0 Å². The van der Waals surface area contributed by atoms with Crippen LogP contribution in [0.1, 0.15) is 89.3 Å². The minimum atomic E-state index is -0.477. The number of nitrogens with one attached hydrogen (secondary N) is 2. The fourth-order valence-electron chi connectivity index (χ4n) is 7.61. The quantitative estimate of drug-likeness (QED) is 0.182. The van der Waals surface area contributed by atoms with Gasteiger partial charge in [-0.1, -0.05) is 55.2 Å². The van der Waals surface area contributed by atoms with Gasteiger partial charge in [0.05, 0.1) is 18.0 Å². The molecule has 5 rings (SSSR count). The van der Waals surface area contributed by atoms with Crippen LogP contribution in [0.2, 0.25) is 0 Å². The van der Waals surface area contributed by atoms with E-state index in [2.05, 4.69) is 60.9 Å². The monoisotopic (exact) mass is 529 g/mol. The SMILES string of the molecule is C/C=C1\[C@H]2C=C(C)C[C@]1(C(=O)OC)C[C@@H](NCCCCCCCNc1c3c(nc4ccccc14)CCCC3)C2. The molecule has 1 heterocycles. The van der Waals surface area contributed by atoms with E-state index in [-0.39, 0.29) is 5.97 Å². The van der Waals surface area contributed by atoms with Crippen LogP contribution in [0.25, 0.3) is 10.9 Å². The Balaban J connectivity index is 1.04. The highest BCUT2D eigenvalue weighted by Crippen LogP contribution is 2.52. The number of allylic oxidation sites excluding steroid dienone is 3. The van der Waals surface area contributed by atoms with E-state index in [1.807, 2.05) is 0 Å². The van der Waals surface area contributed by atoms with E-state index in [4.69, 9.17) is 9.72 Å². The third kappa shape index (κ3) is 5.94. The Bertz CT molecular complexity index is 1230. The molecule has 0 aliphatic heterocycles. The number of fused-ring (bicyclic) bond motifs is 4. The Hall–Kier alpha value is -2.66. The normalized spacial score (nSPS) is 25.3. The molecule has 1 fully saturated rings. The number of unbranched alkanes of at least 4 members (excludes halogenated alkanes) is 4. The van der Waals surface area contributed by atoms with Gasteiger partial charge in [-0.2, -0.15) is 0 Å². The highest BCUT2D eigenvalue weighted by Gasteiger charge is 2.51. The molecule has 0 spiro atoms. The maximum Gasteiger partial charge on any atom is 0.316 e. The Morgan fingerprint density at radius 3 is 2.69 bits per heavy atom. The van der Waals surface area contributed by atoms with Crippen molar-refractivity contribution in [2.45, 2.75) is 96.9 Å². The first kappa shape index (κ1) is 27.9. The lowest BCUT2D eigenvalue weighted by Crippen LogP contribution is -2.50. The number of nitrogens with zero attached hydrogens (tertiary/aromatic N) is 1. The van der Waals surface area contributed by atoms with Gasteiger partial charge in [-0.15, -0.1) is 0 Å². The van der Waals surface area contributed by atoms with Crippen LogP contribution in [-0.2, 0) is 22.4 Å². The Morgan fingerprint density at radius 2 is 1.87 bits per heavy atom. The van der Waals surface area contributed by atoms with Gasteiger partial charge in [0, 0.05) is 35.3 Å². The number of ether oxygens (including phenoxy) is 1. The fraction of sp³-hybridized carbons (Fsp3) is 0.588. The first-order valence-corrected chi connectivity index (χ1v) is 15.4. The minimum Gasteiger partial charge on any atom is -0.468 e. The van der Waals surface area contributed by atoms with E-state index in [1.165, 1.54) is 85.5 Å². The molecule has 1 aromatic heterocycles. The molecule has 0 unspecified atom stereocenters. The standard InChI is InChI=1S/C34H47N3O2/c1-4-29-25-20-24(2)22-34(29,33(38)39-3)23-26(21-25)35-18-12-6-5-7-13-19-36-32-27-14-8-10-16-30(27)37-31-17-11-9-15-28(31)32/h4,8,10,14,16,20,25-26,35H,5-7,9,11-13,15,17-19,21-23H2,1-3H3,(H,36,37)/b29-4+/t25-,26-,34-/m0/s1. The van der Waals surface area contributed by atoms with Crippen molar-refractivity contribution in [1.29, 1.82) is 0 Å². The van der Waals surface area contributed by atoms with Gasteiger partial charge in [-0.05, 0) is 95.4 Å². The number of carbonyl (C=O) groups is 1. The summed E-state index contributed by atoms with van der Waals surface area (Å²) in [5.41, 5.74) is 7.34. The second kappa shape index (κ2) is 12.7. The summed E-state index contributed by atoms with van der Waals surface area (Å²) in [6, 6.07) is 8.96. The fourth-order valence-corrected chi connectivity index (χ4v) is 7.61. The van der Waals surface area contributed by atoms with E-state index in [9.17, 15) is 4.79 Å². The van der Waals surface area contributed by atoms with Crippen molar-refractivity contribution in [3.63, 3.8) is 0 Å². The molecular formula is C34H47N3O2.